The van der Waals surface area contributed by atoms with Crippen molar-refractivity contribution in [3.8, 4) is 0 Å². The standard InChI is InChI=1S/C9H8BrN3OS/c10-6-1-2-8(7(11)3-6)15-4-9-12-5-14-13-9/h1-3,5H,4,11H2. The Hall–Kier alpha value is -1.01. The summed E-state index contributed by atoms with van der Waals surface area (Å²) in [5.41, 5.74) is 6.59. The number of hydrogen-bond donors (Lipinski definition) is 1. The Kier molecular flexibility index (Phi) is 3.27. The highest BCUT2D eigenvalue weighted by Crippen LogP contribution is 2.29. The summed E-state index contributed by atoms with van der Waals surface area (Å²) < 4.78 is 5.61. The van der Waals surface area contributed by atoms with E-state index in [2.05, 4.69) is 30.6 Å². The van der Waals surface area contributed by atoms with Gasteiger partial charge in [0.05, 0.1) is 5.75 Å². The molecule has 0 amide bonds. The third kappa shape index (κ3) is 2.73. The van der Waals surface area contributed by atoms with E-state index in [-0.39, 0.29) is 0 Å². The number of halogens is 1. The minimum absolute atomic E-state index is 0.655. The molecule has 15 heavy (non-hydrogen) atoms. The summed E-state index contributed by atoms with van der Waals surface area (Å²) in [7, 11) is 0. The molecule has 1 heterocycles. The van der Waals surface area contributed by atoms with Crippen molar-refractivity contribution in [1.29, 1.82) is 0 Å². The van der Waals surface area contributed by atoms with Crippen molar-refractivity contribution in [2.75, 3.05) is 5.73 Å². The molecule has 0 atom stereocenters. The van der Waals surface area contributed by atoms with Gasteiger partial charge in [-0.3, -0.25) is 0 Å². The SMILES string of the molecule is Nc1cc(Br)ccc1SCc1ncon1. The number of aromatic nitrogens is 2. The molecule has 6 heteroatoms. The van der Waals surface area contributed by atoms with Gasteiger partial charge in [-0.15, -0.1) is 11.8 Å². The van der Waals surface area contributed by atoms with Crippen molar-refractivity contribution in [2.45, 2.75) is 10.6 Å². The molecular weight excluding hydrogens is 278 g/mol. The molecule has 0 bridgehead atoms. The molecule has 0 saturated carbocycles. The van der Waals surface area contributed by atoms with Crippen LogP contribution in [0.5, 0.6) is 0 Å². The van der Waals surface area contributed by atoms with Crippen LogP contribution in [0, 0.1) is 0 Å². The smallest absolute Gasteiger partial charge is 0.213 e. The highest BCUT2D eigenvalue weighted by molar-refractivity contribution is 9.10. The number of thioether (sulfide) groups is 1. The number of anilines is 1. The number of rotatable bonds is 3. The maximum absolute atomic E-state index is 5.85. The van der Waals surface area contributed by atoms with E-state index in [1.807, 2.05) is 18.2 Å². The van der Waals surface area contributed by atoms with Gasteiger partial charge in [0.25, 0.3) is 0 Å². The average molecular weight is 286 g/mol. The minimum atomic E-state index is 0.655. The predicted octanol–water partition coefficient (Wildman–Crippen LogP) is 2.71. The lowest BCUT2D eigenvalue weighted by atomic mass is 10.3. The molecule has 0 fully saturated rings. The van der Waals surface area contributed by atoms with Gasteiger partial charge in [0.1, 0.15) is 0 Å². The highest BCUT2D eigenvalue weighted by atomic mass is 79.9. The molecule has 1 aromatic carbocycles. The normalized spacial score (nSPS) is 10.5. The summed E-state index contributed by atoms with van der Waals surface area (Å²) in [6.45, 7) is 0. The molecule has 0 radical (unpaired) electrons. The van der Waals surface area contributed by atoms with Gasteiger partial charge in [0.2, 0.25) is 6.39 Å². The number of nitrogens with two attached hydrogens (primary N) is 1. The van der Waals surface area contributed by atoms with Gasteiger partial charge in [0.15, 0.2) is 5.82 Å². The third-order valence-electron chi connectivity index (χ3n) is 1.74. The van der Waals surface area contributed by atoms with Crippen molar-refractivity contribution in [3.63, 3.8) is 0 Å². The van der Waals surface area contributed by atoms with Crippen molar-refractivity contribution in [3.05, 3.63) is 34.9 Å². The van der Waals surface area contributed by atoms with Crippen LogP contribution >= 0.6 is 27.7 Å². The van der Waals surface area contributed by atoms with Gasteiger partial charge in [-0.05, 0) is 18.2 Å². The topological polar surface area (TPSA) is 64.9 Å². The van der Waals surface area contributed by atoms with E-state index in [0.29, 0.717) is 11.6 Å². The van der Waals surface area contributed by atoms with Crippen LogP contribution in [0.2, 0.25) is 0 Å². The highest BCUT2D eigenvalue weighted by Gasteiger charge is 2.03. The summed E-state index contributed by atoms with van der Waals surface area (Å²) in [5, 5.41) is 3.72. The maximum Gasteiger partial charge on any atom is 0.213 e. The van der Waals surface area contributed by atoms with E-state index in [1.165, 1.54) is 6.39 Å². The van der Waals surface area contributed by atoms with Crippen LogP contribution in [0.4, 0.5) is 5.69 Å². The fourth-order valence-electron chi connectivity index (χ4n) is 1.05. The largest absolute Gasteiger partial charge is 0.398 e. The zero-order valence-corrected chi connectivity index (χ0v) is 10.1. The summed E-state index contributed by atoms with van der Waals surface area (Å²) in [6.07, 6.45) is 1.32. The quantitative estimate of drug-likeness (QED) is 0.694. The second kappa shape index (κ2) is 4.67. The van der Waals surface area contributed by atoms with Crippen molar-refractivity contribution >= 4 is 33.4 Å². The molecule has 2 aromatic rings. The van der Waals surface area contributed by atoms with Crippen LogP contribution in [-0.2, 0) is 5.75 Å². The maximum atomic E-state index is 5.85. The molecule has 0 aliphatic heterocycles. The summed E-state index contributed by atoms with van der Waals surface area (Å²) >= 11 is 4.94. The fraction of sp³-hybridized carbons (Fsp3) is 0.111. The molecule has 0 spiro atoms. The van der Waals surface area contributed by atoms with Gasteiger partial charge in [-0.25, -0.2) is 0 Å². The van der Waals surface area contributed by atoms with Gasteiger partial charge >= 0.3 is 0 Å². The van der Waals surface area contributed by atoms with Gasteiger partial charge in [0, 0.05) is 15.1 Å². The molecule has 0 aliphatic carbocycles. The second-order valence-corrected chi connectivity index (χ2v) is 4.75. The lowest BCUT2D eigenvalue weighted by Crippen LogP contribution is -1.89. The third-order valence-corrected chi connectivity index (χ3v) is 3.31. The molecule has 0 aliphatic rings. The molecule has 1 aromatic heterocycles. The number of hydrogen-bond acceptors (Lipinski definition) is 5. The Morgan fingerprint density at radius 2 is 2.33 bits per heavy atom. The Bertz CT molecular complexity index is 447. The average Bonchev–Trinajstić information content (AvgIpc) is 2.69. The summed E-state index contributed by atoms with van der Waals surface area (Å²) in [6, 6.07) is 5.79. The molecule has 0 unspecified atom stereocenters. The predicted molar refractivity (Wildman–Crippen MR) is 62.4 cm³/mol. The number of benzene rings is 1. The fourth-order valence-corrected chi connectivity index (χ4v) is 2.23. The molecule has 4 nitrogen and oxygen atoms in total. The van der Waals surface area contributed by atoms with Crippen molar-refractivity contribution < 1.29 is 4.52 Å². The molecule has 78 valence electrons. The van der Waals surface area contributed by atoms with Gasteiger partial charge in [-0.2, -0.15) is 4.98 Å². The van der Waals surface area contributed by atoms with Gasteiger partial charge in [-0.1, -0.05) is 21.1 Å². The van der Waals surface area contributed by atoms with E-state index in [4.69, 9.17) is 5.73 Å². The van der Waals surface area contributed by atoms with Crippen LogP contribution in [0.1, 0.15) is 5.82 Å². The van der Waals surface area contributed by atoms with Gasteiger partial charge < -0.3 is 10.3 Å². The Morgan fingerprint density at radius 1 is 1.47 bits per heavy atom. The van der Waals surface area contributed by atoms with E-state index in [1.54, 1.807) is 11.8 Å². The van der Waals surface area contributed by atoms with Crippen LogP contribution < -0.4 is 5.73 Å². The first-order valence-electron chi connectivity index (χ1n) is 4.19. The first-order chi connectivity index (χ1) is 7.25. The van der Waals surface area contributed by atoms with Crippen LogP contribution in [0.15, 0.2) is 38.5 Å². The second-order valence-electron chi connectivity index (χ2n) is 2.82. The number of nitrogens with zero attached hydrogens (tertiary/aromatic N) is 2. The van der Waals surface area contributed by atoms with Crippen LogP contribution in [0.25, 0.3) is 0 Å². The Balaban J connectivity index is 2.05. The van der Waals surface area contributed by atoms with E-state index in [0.717, 1.165) is 15.1 Å². The Morgan fingerprint density at radius 3 is 3.00 bits per heavy atom. The summed E-state index contributed by atoms with van der Waals surface area (Å²) in [5.74, 6) is 1.32. The lowest BCUT2D eigenvalue weighted by molar-refractivity contribution is 0.412. The van der Waals surface area contributed by atoms with E-state index >= 15 is 0 Å². The van der Waals surface area contributed by atoms with Crippen molar-refractivity contribution in [2.24, 2.45) is 0 Å². The van der Waals surface area contributed by atoms with Crippen molar-refractivity contribution in [1.82, 2.24) is 10.1 Å². The number of nitrogen functional groups attached to an aromatic ring is 1. The monoisotopic (exact) mass is 285 g/mol. The van der Waals surface area contributed by atoms with Crippen LogP contribution in [-0.4, -0.2) is 10.1 Å². The zero-order chi connectivity index (χ0) is 10.7. The molecule has 2 rings (SSSR count). The Labute approximate surface area is 99.4 Å². The first-order valence-corrected chi connectivity index (χ1v) is 5.96. The molecule has 2 N–H and O–H groups in total. The van der Waals surface area contributed by atoms with E-state index < -0.39 is 0 Å². The molecular formula is C9H8BrN3OS. The zero-order valence-electron chi connectivity index (χ0n) is 7.68. The first kappa shape index (κ1) is 10.5. The summed E-state index contributed by atoms with van der Waals surface area (Å²) in [4.78, 5) is 4.95. The minimum Gasteiger partial charge on any atom is -0.398 e. The molecule has 0 saturated heterocycles. The van der Waals surface area contributed by atoms with Crippen LogP contribution in [0.3, 0.4) is 0 Å². The van der Waals surface area contributed by atoms with E-state index in [9.17, 15) is 0 Å². The lowest BCUT2D eigenvalue weighted by Gasteiger charge is -2.03.